The summed E-state index contributed by atoms with van der Waals surface area (Å²) in [4.78, 5) is 4.91. The summed E-state index contributed by atoms with van der Waals surface area (Å²) in [5.74, 6) is 0.748. The Morgan fingerprint density at radius 1 is 1.47 bits per heavy atom. The van der Waals surface area contributed by atoms with E-state index >= 15 is 0 Å². The van der Waals surface area contributed by atoms with Crippen LogP contribution in [0.5, 0.6) is 5.75 Å². The number of rotatable bonds is 2. The van der Waals surface area contributed by atoms with Crippen LogP contribution >= 0.6 is 12.6 Å². The van der Waals surface area contributed by atoms with Crippen LogP contribution in [0.3, 0.4) is 0 Å². The van der Waals surface area contributed by atoms with Crippen molar-refractivity contribution in [1.82, 2.24) is 4.98 Å². The minimum Gasteiger partial charge on any atom is -0.497 e. The molecule has 0 atom stereocenters. The van der Waals surface area contributed by atoms with Crippen molar-refractivity contribution < 1.29 is 9.84 Å². The first-order valence-electron chi connectivity index (χ1n) is 4.51. The summed E-state index contributed by atoms with van der Waals surface area (Å²) >= 11 is 4.25. The molecule has 78 valence electrons. The second-order valence-electron chi connectivity index (χ2n) is 3.16. The molecule has 1 N–H and O–H groups in total. The Morgan fingerprint density at radius 3 is 2.93 bits per heavy atom. The van der Waals surface area contributed by atoms with Gasteiger partial charge in [0.15, 0.2) is 0 Å². The highest BCUT2D eigenvalue weighted by Crippen LogP contribution is 2.26. The maximum atomic E-state index is 9.26. The van der Waals surface area contributed by atoms with E-state index in [-0.39, 0.29) is 6.61 Å². The number of benzene rings is 1. The number of aliphatic hydroxyl groups is 1. The first-order valence-corrected chi connectivity index (χ1v) is 4.96. The van der Waals surface area contributed by atoms with E-state index < -0.39 is 0 Å². The van der Waals surface area contributed by atoms with Gasteiger partial charge >= 0.3 is 0 Å². The minimum absolute atomic E-state index is 0.0506. The number of aromatic nitrogens is 1. The Labute approximate surface area is 93.1 Å². The van der Waals surface area contributed by atoms with E-state index in [9.17, 15) is 5.11 Å². The quantitative estimate of drug-likeness (QED) is 0.762. The van der Waals surface area contributed by atoms with Crippen LogP contribution in [0.25, 0.3) is 10.9 Å². The Hall–Kier alpha value is -1.26. The molecule has 0 unspecified atom stereocenters. The summed E-state index contributed by atoms with van der Waals surface area (Å²) in [6.45, 7) is -0.0506. The molecule has 0 amide bonds. The van der Waals surface area contributed by atoms with Crippen LogP contribution in [0.4, 0.5) is 0 Å². The predicted octanol–water partition coefficient (Wildman–Crippen LogP) is 2.02. The average Bonchev–Trinajstić information content (AvgIpc) is 2.28. The maximum absolute atomic E-state index is 9.26. The molecular formula is C11H11NO2S. The molecule has 2 aromatic rings. The molecule has 0 fully saturated rings. The third kappa shape index (κ3) is 1.78. The van der Waals surface area contributed by atoms with Crippen LogP contribution < -0.4 is 4.74 Å². The van der Waals surface area contributed by atoms with Crippen molar-refractivity contribution in [2.45, 2.75) is 11.5 Å². The zero-order valence-corrected chi connectivity index (χ0v) is 9.16. The zero-order chi connectivity index (χ0) is 10.8. The number of aliphatic hydroxyl groups excluding tert-OH is 1. The predicted molar refractivity (Wildman–Crippen MR) is 61.5 cm³/mol. The van der Waals surface area contributed by atoms with Gasteiger partial charge in [0.2, 0.25) is 0 Å². The van der Waals surface area contributed by atoms with Crippen molar-refractivity contribution in [3.05, 3.63) is 30.0 Å². The highest BCUT2D eigenvalue weighted by Gasteiger charge is 2.06. The molecule has 1 heterocycles. The third-order valence-corrected chi connectivity index (χ3v) is 2.71. The molecule has 0 saturated heterocycles. The van der Waals surface area contributed by atoms with Crippen molar-refractivity contribution in [2.75, 3.05) is 7.11 Å². The van der Waals surface area contributed by atoms with Gasteiger partial charge in [0.1, 0.15) is 5.75 Å². The van der Waals surface area contributed by atoms with Crippen molar-refractivity contribution in [3.8, 4) is 5.75 Å². The van der Waals surface area contributed by atoms with Crippen molar-refractivity contribution >= 4 is 23.5 Å². The van der Waals surface area contributed by atoms with Gasteiger partial charge in [0, 0.05) is 22.0 Å². The number of hydrogen-bond donors (Lipinski definition) is 2. The van der Waals surface area contributed by atoms with Crippen molar-refractivity contribution in [1.29, 1.82) is 0 Å². The van der Waals surface area contributed by atoms with E-state index in [0.29, 0.717) is 4.90 Å². The normalized spacial score (nSPS) is 10.6. The van der Waals surface area contributed by atoms with Crippen LogP contribution in [0.1, 0.15) is 5.56 Å². The van der Waals surface area contributed by atoms with Crippen LogP contribution in [-0.2, 0) is 6.61 Å². The second-order valence-corrected chi connectivity index (χ2v) is 3.64. The number of ether oxygens (including phenoxy) is 1. The first-order chi connectivity index (χ1) is 7.26. The lowest BCUT2D eigenvalue weighted by Crippen LogP contribution is -1.92. The molecule has 2 rings (SSSR count). The van der Waals surface area contributed by atoms with Crippen LogP contribution in [-0.4, -0.2) is 17.2 Å². The van der Waals surface area contributed by atoms with E-state index in [1.807, 2.05) is 18.2 Å². The van der Waals surface area contributed by atoms with E-state index in [4.69, 9.17) is 4.74 Å². The lowest BCUT2D eigenvalue weighted by molar-refractivity contribution is 0.280. The Balaban J connectivity index is 2.76. The van der Waals surface area contributed by atoms with Crippen molar-refractivity contribution in [3.63, 3.8) is 0 Å². The van der Waals surface area contributed by atoms with Gasteiger partial charge in [0.25, 0.3) is 0 Å². The monoisotopic (exact) mass is 221 g/mol. The second kappa shape index (κ2) is 4.08. The Bertz CT molecular complexity index is 499. The summed E-state index contributed by atoms with van der Waals surface area (Å²) in [6.07, 6.45) is 1.64. The van der Waals surface area contributed by atoms with Crippen molar-refractivity contribution in [2.24, 2.45) is 0 Å². The largest absolute Gasteiger partial charge is 0.497 e. The molecule has 0 aliphatic heterocycles. The molecule has 1 aromatic carbocycles. The standard InChI is InChI=1S/C11H11NO2S/c1-14-7-2-3-10-8(4-7)9(6-13)11(15)5-12-10/h2-5,13,15H,6H2,1H3. The fourth-order valence-corrected chi connectivity index (χ4v) is 1.76. The SMILES string of the molecule is COc1ccc2ncc(S)c(CO)c2c1. The Morgan fingerprint density at radius 2 is 2.27 bits per heavy atom. The number of methoxy groups -OCH3 is 1. The van der Waals surface area contributed by atoms with Gasteiger partial charge < -0.3 is 9.84 Å². The smallest absolute Gasteiger partial charge is 0.119 e. The van der Waals surface area contributed by atoms with E-state index in [1.165, 1.54) is 0 Å². The molecule has 0 bridgehead atoms. The summed E-state index contributed by atoms with van der Waals surface area (Å²) in [7, 11) is 1.61. The number of fused-ring (bicyclic) bond motifs is 1. The van der Waals surface area contributed by atoms with Crippen LogP contribution in [0.2, 0.25) is 0 Å². The van der Waals surface area contributed by atoms with Gasteiger partial charge in [-0.3, -0.25) is 4.98 Å². The molecule has 15 heavy (non-hydrogen) atoms. The first kappa shape index (κ1) is 10.3. The number of nitrogens with zero attached hydrogens (tertiary/aromatic N) is 1. The molecule has 0 saturated carbocycles. The van der Waals surface area contributed by atoms with Crippen LogP contribution in [0, 0.1) is 0 Å². The molecule has 1 aromatic heterocycles. The fourth-order valence-electron chi connectivity index (χ4n) is 1.51. The average molecular weight is 221 g/mol. The van der Waals surface area contributed by atoms with Crippen LogP contribution in [0.15, 0.2) is 29.3 Å². The molecule has 0 radical (unpaired) electrons. The van der Waals surface area contributed by atoms with E-state index in [2.05, 4.69) is 17.6 Å². The van der Waals surface area contributed by atoms with Gasteiger partial charge in [-0.15, -0.1) is 12.6 Å². The van der Waals surface area contributed by atoms with E-state index in [0.717, 1.165) is 22.2 Å². The number of hydrogen-bond acceptors (Lipinski definition) is 4. The summed E-state index contributed by atoms with van der Waals surface area (Å²) in [5, 5.41) is 10.1. The molecule has 0 aliphatic rings. The summed E-state index contributed by atoms with van der Waals surface area (Å²) in [6, 6.07) is 5.56. The minimum atomic E-state index is -0.0506. The summed E-state index contributed by atoms with van der Waals surface area (Å²) < 4.78 is 5.13. The molecule has 0 aliphatic carbocycles. The van der Waals surface area contributed by atoms with Gasteiger partial charge in [-0.05, 0) is 18.2 Å². The molecule has 0 spiro atoms. The molecular weight excluding hydrogens is 210 g/mol. The lowest BCUT2D eigenvalue weighted by atomic mass is 10.1. The Kier molecular flexibility index (Phi) is 2.79. The summed E-state index contributed by atoms with van der Waals surface area (Å²) in [5.41, 5.74) is 1.61. The van der Waals surface area contributed by atoms with Gasteiger partial charge in [-0.2, -0.15) is 0 Å². The van der Waals surface area contributed by atoms with Gasteiger partial charge in [-0.25, -0.2) is 0 Å². The van der Waals surface area contributed by atoms with E-state index in [1.54, 1.807) is 13.3 Å². The highest BCUT2D eigenvalue weighted by molar-refractivity contribution is 7.80. The molecule has 3 nitrogen and oxygen atoms in total. The molecule has 4 heteroatoms. The number of pyridine rings is 1. The lowest BCUT2D eigenvalue weighted by Gasteiger charge is -2.07. The third-order valence-electron chi connectivity index (χ3n) is 2.32. The maximum Gasteiger partial charge on any atom is 0.119 e. The zero-order valence-electron chi connectivity index (χ0n) is 8.27. The van der Waals surface area contributed by atoms with Gasteiger partial charge in [-0.1, -0.05) is 0 Å². The highest BCUT2D eigenvalue weighted by atomic mass is 32.1. The fraction of sp³-hybridized carbons (Fsp3) is 0.182. The number of thiol groups is 1. The topological polar surface area (TPSA) is 42.4 Å². The van der Waals surface area contributed by atoms with Gasteiger partial charge in [0.05, 0.1) is 19.2 Å².